The number of allylic oxidation sites excluding steroid dienone is 1. The number of rotatable bonds is 11. The highest BCUT2D eigenvalue weighted by molar-refractivity contribution is 7.98. The zero-order valence-corrected chi connectivity index (χ0v) is 20.9. The molecule has 1 amide bonds. The minimum absolute atomic E-state index is 0.0337. The molecule has 3 atom stereocenters. The largest absolute Gasteiger partial charge is 0.377 e. The Morgan fingerprint density at radius 1 is 1.06 bits per heavy atom. The first-order valence-electron chi connectivity index (χ1n) is 12.3. The first-order chi connectivity index (χ1) is 17.2. The van der Waals surface area contributed by atoms with E-state index in [1.54, 1.807) is 18.9 Å². The molecule has 2 aliphatic carbocycles. The molecule has 0 spiro atoms. The van der Waals surface area contributed by atoms with Crippen LogP contribution in [-0.2, 0) is 28.2 Å². The Morgan fingerprint density at radius 3 is 2.54 bits per heavy atom. The van der Waals surface area contributed by atoms with E-state index in [0.29, 0.717) is 31.8 Å². The Labute approximate surface area is 211 Å². The molecule has 3 aromatic rings. The van der Waals surface area contributed by atoms with Gasteiger partial charge in [0.15, 0.2) is 5.16 Å². The van der Waals surface area contributed by atoms with Gasteiger partial charge in [0.2, 0.25) is 5.91 Å². The molecule has 2 aliphatic rings. The van der Waals surface area contributed by atoms with Gasteiger partial charge in [-0.25, -0.2) is 0 Å². The van der Waals surface area contributed by atoms with Crippen LogP contribution in [-0.4, -0.2) is 40.4 Å². The van der Waals surface area contributed by atoms with Crippen LogP contribution >= 0.6 is 11.8 Å². The molecule has 1 saturated carbocycles. The highest BCUT2D eigenvalue weighted by Crippen LogP contribution is 2.48. The van der Waals surface area contributed by atoms with Crippen LogP contribution < -0.4 is 5.32 Å². The molecule has 6 nitrogen and oxygen atoms in total. The number of carbonyl (C=O) groups excluding carboxylic acids is 1. The zero-order chi connectivity index (χ0) is 24.0. The van der Waals surface area contributed by atoms with Crippen molar-refractivity contribution in [1.82, 2.24) is 20.1 Å². The van der Waals surface area contributed by atoms with Gasteiger partial charge in [-0.2, -0.15) is 0 Å². The smallest absolute Gasteiger partial charge is 0.220 e. The van der Waals surface area contributed by atoms with Gasteiger partial charge in [0, 0.05) is 32.2 Å². The maximum atomic E-state index is 12.7. The first kappa shape index (κ1) is 23.8. The van der Waals surface area contributed by atoms with Gasteiger partial charge in [0.05, 0.1) is 12.6 Å². The van der Waals surface area contributed by atoms with E-state index in [4.69, 9.17) is 4.74 Å². The van der Waals surface area contributed by atoms with E-state index in [1.165, 1.54) is 23.1 Å². The van der Waals surface area contributed by atoms with Gasteiger partial charge in [-0.3, -0.25) is 4.79 Å². The van der Waals surface area contributed by atoms with Crippen molar-refractivity contribution in [1.29, 1.82) is 0 Å². The molecule has 3 unspecified atom stereocenters. The second-order valence-electron chi connectivity index (χ2n) is 9.38. The number of thioether (sulfide) groups is 1. The Bertz CT molecular complexity index is 1160. The van der Waals surface area contributed by atoms with Crippen molar-refractivity contribution in [2.75, 3.05) is 13.7 Å². The zero-order valence-electron chi connectivity index (χ0n) is 20.1. The summed E-state index contributed by atoms with van der Waals surface area (Å²) in [5, 5.41) is 12.9. The molecule has 5 rings (SSSR count). The predicted octanol–water partition coefficient (Wildman–Crippen LogP) is 4.65. The van der Waals surface area contributed by atoms with Gasteiger partial charge < -0.3 is 14.6 Å². The standard InChI is InChI=1S/C28H32N4O2S/c1-34-25-16-23-14-22(23)15-24(25)17-29-27(33)13-12-26-30-31-28(35-19-21-10-6-3-7-11-21)32(26)18-20-8-4-2-5-9-20/h2-11,15,22-23,25H,12-14,16-19H2,1H3,(H,29,33). The lowest BCUT2D eigenvalue weighted by Crippen LogP contribution is -2.31. The molecule has 1 aromatic heterocycles. The number of nitrogens with zero attached hydrogens (tertiary/aromatic N) is 3. The van der Waals surface area contributed by atoms with Crippen molar-refractivity contribution < 1.29 is 9.53 Å². The fourth-order valence-corrected chi connectivity index (χ4v) is 5.66. The van der Waals surface area contributed by atoms with Crippen molar-refractivity contribution in [3.05, 3.63) is 89.3 Å². The fourth-order valence-electron chi connectivity index (χ4n) is 4.75. The summed E-state index contributed by atoms with van der Waals surface area (Å²) in [6.07, 6.45) is 5.73. The van der Waals surface area contributed by atoms with E-state index in [9.17, 15) is 4.79 Å². The van der Waals surface area contributed by atoms with Gasteiger partial charge in [0.25, 0.3) is 0 Å². The summed E-state index contributed by atoms with van der Waals surface area (Å²) in [5.74, 6) is 3.17. The molecule has 182 valence electrons. The first-order valence-corrected chi connectivity index (χ1v) is 13.3. The molecule has 7 heteroatoms. The van der Waals surface area contributed by atoms with Crippen molar-refractivity contribution >= 4 is 17.7 Å². The number of hydrogen-bond acceptors (Lipinski definition) is 5. The van der Waals surface area contributed by atoms with Crippen LogP contribution in [0.2, 0.25) is 0 Å². The van der Waals surface area contributed by atoms with E-state index in [2.05, 4.69) is 62.6 Å². The summed E-state index contributed by atoms with van der Waals surface area (Å²) in [7, 11) is 1.76. The molecule has 1 heterocycles. The average molecular weight is 489 g/mol. The molecular weight excluding hydrogens is 456 g/mol. The number of fused-ring (bicyclic) bond motifs is 1. The molecule has 1 fully saturated rings. The van der Waals surface area contributed by atoms with Crippen molar-refractivity contribution in [3.63, 3.8) is 0 Å². The number of methoxy groups -OCH3 is 1. The molecule has 1 N–H and O–H groups in total. The van der Waals surface area contributed by atoms with Crippen LogP contribution in [0.15, 0.2) is 77.5 Å². The lowest BCUT2D eigenvalue weighted by Gasteiger charge is -2.23. The summed E-state index contributed by atoms with van der Waals surface area (Å²) in [6, 6.07) is 20.7. The third-order valence-corrected chi connectivity index (χ3v) is 7.91. The quantitative estimate of drug-likeness (QED) is 0.314. The van der Waals surface area contributed by atoms with E-state index in [1.807, 2.05) is 24.3 Å². The molecule has 35 heavy (non-hydrogen) atoms. The lowest BCUT2D eigenvalue weighted by atomic mass is 9.96. The molecule has 0 bridgehead atoms. The SMILES string of the molecule is COC1CC2CC2C=C1CNC(=O)CCc1nnc(SCc2ccccc2)n1Cc1ccccc1. The Balaban J connectivity index is 1.21. The van der Waals surface area contributed by atoms with Gasteiger partial charge in [-0.1, -0.05) is 78.5 Å². The Kier molecular flexibility index (Phi) is 7.64. The topological polar surface area (TPSA) is 69.0 Å². The summed E-state index contributed by atoms with van der Waals surface area (Å²) < 4.78 is 7.80. The third kappa shape index (κ3) is 6.21. The van der Waals surface area contributed by atoms with Crippen molar-refractivity contribution in [3.8, 4) is 0 Å². The number of carbonyl (C=O) groups is 1. The molecule has 2 aromatic carbocycles. The molecular formula is C28H32N4O2S. The number of nitrogens with one attached hydrogen (secondary N) is 1. The third-order valence-electron chi connectivity index (χ3n) is 6.87. The van der Waals surface area contributed by atoms with Gasteiger partial charge in [-0.05, 0) is 41.4 Å². The van der Waals surface area contributed by atoms with Crippen molar-refractivity contribution in [2.45, 2.75) is 49.2 Å². The Hall–Kier alpha value is -2.90. The van der Waals surface area contributed by atoms with Crippen LogP contribution in [0.1, 0.15) is 36.2 Å². The normalized spacial score (nSPS) is 20.7. The van der Waals surface area contributed by atoms with E-state index < -0.39 is 0 Å². The highest BCUT2D eigenvalue weighted by atomic mass is 32.2. The summed E-state index contributed by atoms with van der Waals surface area (Å²) in [6.45, 7) is 1.25. The second-order valence-corrected chi connectivity index (χ2v) is 10.3. The number of aryl methyl sites for hydroxylation is 1. The van der Waals surface area contributed by atoms with Crippen LogP contribution in [0, 0.1) is 11.8 Å². The van der Waals surface area contributed by atoms with Gasteiger partial charge in [0.1, 0.15) is 5.82 Å². The van der Waals surface area contributed by atoms with Crippen LogP contribution in [0.25, 0.3) is 0 Å². The Morgan fingerprint density at radius 2 is 1.80 bits per heavy atom. The van der Waals surface area contributed by atoms with Gasteiger partial charge >= 0.3 is 0 Å². The predicted molar refractivity (Wildman–Crippen MR) is 138 cm³/mol. The number of amides is 1. The molecule has 0 saturated heterocycles. The molecule has 0 aliphatic heterocycles. The monoisotopic (exact) mass is 488 g/mol. The van der Waals surface area contributed by atoms with E-state index in [0.717, 1.165) is 29.1 Å². The number of hydrogen-bond donors (Lipinski definition) is 1. The average Bonchev–Trinajstić information content (AvgIpc) is 3.57. The number of aromatic nitrogens is 3. The summed E-state index contributed by atoms with van der Waals surface area (Å²) >= 11 is 1.68. The minimum atomic E-state index is 0.0337. The summed E-state index contributed by atoms with van der Waals surface area (Å²) in [5.41, 5.74) is 3.65. The maximum absolute atomic E-state index is 12.7. The second kappa shape index (κ2) is 11.2. The maximum Gasteiger partial charge on any atom is 0.220 e. The van der Waals surface area contributed by atoms with Gasteiger partial charge in [-0.15, -0.1) is 10.2 Å². The fraction of sp³-hybridized carbons (Fsp3) is 0.393. The summed E-state index contributed by atoms with van der Waals surface area (Å²) in [4.78, 5) is 12.7. The van der Waals surface area contributed by atoms with Crippen LogP contribution in [0.4, 0.5) is 0 Å². The minimum Gasteiger partial charge on any atom is -0.377 e. The highest BCUT2D eigenvalue weighted by Gasteiger charge is 2.41. The lowest BCUT2D eigenvalue weighted by molar-refractivity contribution is -0.120. The van der Waals surface area contributed by atoms with Crippen molar-refractivity contribution in [2.24, 2.45) is 11.8 Å². The number of benzene rings is 2. The van der Waals surface area contributed by atoms with E-state index >= 15 is 0 Å². The van der Waals surface area contributed by atoms with Crippen LogP contribution in [0.5, 0.6) is 0 Å². The number of ether oxygens (including phenoxy) is 1. The van der Waals surface area contributed by atoms with Crippen LogP contribution in [0.3, 0.4) is 0 Å². The molecule has 0 radical (unpaired) electrons. The van der Waals surface area contributed by atoms with E-state index in [-0.39, 0.29) is 12.0 Å².